The normalized spacial score (nSPS) is 18.1. The van der Waals surface area contributed by atoms with E-state index in [1.165, 1.54) is 0 Å². The molecule has 0 fully saturated rings. The number of aliphatic hydroxyl groups is 1. The van der Waals surface area contributed by atoms with E-state index >= 15 is 0 Å². The number of benzene rings is 1. The molecule has 0 bridgehead atoms. The summed E-state index contributed by atoms with van der Waals surface area (Å²) in [5.41, 5.74) is 1.22. The standard InChI is InChI=1S/C12H16O3/c1-12(2)6-5-9-10(15-12)4-3-8(7-13)11(9)14/h3-4,13-14H,5-7H2,1-2H3. The van der Waals surface area contributed by atoms with E-state index in [0.29, 0.717) is 5.56 Å². The largest absolute Gasteiger partial charge is 0.507 e. The van der Waals surface area contributed by atoms with Crippen molar-refractivity contribution in [3.05, 3.63) is 23.3 Å². The fourth-order valence-electron chi connectivity index (χ4n) is 1.91. The van der Waals surface area contributed by atoms with Gasteiger partial charge in [0.15, 0.2) is 0 Å². The van der Waals surface area contributed by atoms with Gasteiger partial charge in [-0.1, -0.05) is 0 Å². The lowest BCUT2D eigenvalue weighted by Gasteiger charge is -2.33. The van der Waals surface area contributed by atoms with E-state index < -0.39 is 0 Å². The van der Waals surface area contributed by atoms with Crippen LogP contribution in [0.25, 0.3) is 0 Å². The van der Waals surface area contributed by atoms with Gasteiger partial charge in [-0.3, -0.25) is 0 Å². The molecule has 0 spiro atoms. The Bertz CT molecular complexity index is 383. The average Bonchev–Trinajstić information content (AvgIpc) is 2.16. The monoisotopic (exact) mass is 208 g/mol. The zero-order valence-corrected chi connectivity index (χ0v) is 9.08. The Morgan fingerprint density at radius 1 is 1.40 bits per heavy atom. The van der Waals surface area contributed by atoms with E-state index in [2.05, 4.69) is 0 Å². The zero-order chi connectivity index (χ0) is 11.1. The number of hydrogen-bond donors (Lipinski definition) is 2. The quantitative estimate of drug-likeness (QED) is 0.742. The predicted molar refractivity (Wildman–Crippen MR) is 57.1 cm³/mol. The maximum Gasteiger partial charge on any atom is 0.127 e. The summed E-state index contributed by atoms with van der Waals surface area (Å²) in [7, 11) is 0. The summed E-state index contributed by atoms with van der Waals surface area (Å²) in [6.45, 7) is 3.93. The maximum absolute atomic E-state index is 9.86. The molecule has 3 heteroatoms. The Balaban J connectivity index is 2.44. The number of aliphatic hydroxyl groups excluding tert-OH is 1. The second-order valence-electron chi connectivity index (χ2n) is 4.57. The summed E-state index contributed by atoms with van der Waals surface area (Å²) in [5, 5.41) is 18.9. The predicted octanol–water partition coefficient (Wildman–Crippen LogP) is 1.99. The van der Waals surface area contributed by atoms with Gasteiger partial charge in [0.2, 0.25) is 0 Å². The Morgan fingerprint density at radius 2 is 2.13 bits per heavy atom. The van der Waals surface area contributed by atoms with Gasteiger partial charge < -0.3 is 14.9 Å². The molecule has 1 aliphatic rings. The molecule has 2 N–H and O–H groups in total. The lowest BCUT2D eigenvalue weighted by molar-refractivity contribution is 0.0835. The fraction of sp³-hybridized carbons (Fsp3) is 0.500. The van der Waals surface area contributed by atoms with Gasteiger partial charge in [-0.05, 0) is 38.8 Å². The third-order valence-corrected chi connectivity index (χ3v) is 2.86. The molecule has 0 saturated heterocycles. The molecule has 2 rings (SSSR count). The van der Waals surface area contributed by atoms with E-state index in [4.69, 9.17) is 9.84 Å². The van der Waals surface area contributed by atoms with Crippen molar-refractivity contribution in [1.82, 2.24) is 0 Å². The number of rotatable bonds is 1. The molecular weight excluding hydrogens is 192 g/mol. The molecular formula is C12H16O3. The molecule has 1 aromatic rings. The van der Waals surface area contributed by atoms with Crippen LogP contribution in [0.2, 0.25) is 0 Å². The summed E-state index contributed by atoms with van der Waals surface area (Å²) < 4.78 is 5.76. The van der Waals surface area contributed by atoms with Crippen LogP contribution in [0.5, 0.6) is 11.5 Å². The highest BCUT2D eigenvalue weighted by Gasteiger charge is 2.28. The van der Waals surface area contributed by atoms with Crippen LogP contribution in [0.15, 0.2) is 12.1 Å². The first-order chi connectivity index (χ1) is 7.03. The molecule has 0 unspecified atom stereocenters. The molecule has 0 atom stereocenters. The number of phenols is 1. The first-order valence-corrected chi connectivity index (χ1v) is 5.17. The van der Waals surface area contributed by atoms with Crippen molar-refractivity contribution in [2.45, 2.75) is 38.9 Å². The molecule has 3 nitrogen and oxygen atoms in total. The van der Waals surface area contributed by atoms with Crippen LogP contribution in [0.4, 0.5) is 0 Å². The van der Waals surface area contributed by atoms with Crippen LogP contribution in [0, 0.1) is 0 Å². The Kier molecular flexibility index (Phi) is 2.35. The van der Waals surface area contributed by atoms with Gasteiger partial charge in [-0.15, -0.1) is 0 Å². The summed E-state index contributed by atoms with van der Waals surface area (Å²) in [6, 6.07) is 3.52. The minimum atomic E-state index is -0.166. The minimum Gasteiger partial charge on any atom is -0.507 e. The van der Waals surface area contributed by atoms with Crippen molar-refractivity contribution in [2.24, 2.45) is 0 Å². The summed E-state index contributed by atoms with van der Waals surface area (Å²) in [5.74, 6) is 0.923. The van der Waals surface area contributed by atoms with Crippen LogP contribution in [0.1, 0.15) is 31.4 Å². The summed E-state index contributed by atoms with van der Waals surface area (Å²) in [6.07, 6.45) is 1.67. The lowest BCUT2D eigenvalue weighted by Crippen LogP contribution is -2.32. The number of aromatic hydroxyl groups is 1. The topological polar surface area (TPSA) is 49.7 Å². The third-order valence-electron chi connectivity index (χ3n) is 2.86. The summed E-state index contributed by atoms with van der Waals surface area (Å²) in [4.78, 5) is 0. The van der Waals surface area contributed by atoms with Gasteiger partial charge in [0.1, 0.15) is 17.1 Å². The van der Waals surface area contributed by atoms with Crippen LogP contribution < -0.4 is 4.74 Å². The highest BCUT2D eigenvalue weighted by molar-refractivity contribution is 5.50. The van der Waals surface area contributed by atoms with E-state index in [-0.39, 0.29) is 18.0 Å². The minimum absolute atomic E-state index is 0.136. The average molecular weight is 208 g/mol. The smallest absolute Gasteiger partial charge is 0.127 e. The molecule has 0 saturated carbocycles. The SMILES string of the molecule is CC1(C)CCc2c(ccc(CO)c2O)O1. The molecule has 1 aromatic carbocycles. The molecule has 0 aliphatic carbocycles. The molecule has 1 aliphatic heterocycles. The van der Waals surface area contributed by atoms with Gasteiger partial charge in [0.25, 0.3) is 0 Å². The van der Waals surface area contributed by atoms with Crippen molar-refractivity contribution >= 4 is 0 Å². The molecule has 0 aromatic heterocycles. The molecule has 15 heavy (non-hydrogen) atoms. The van der Waals surface area contributed by atoms with Crippen molar-refractivity contribution in [3.63, 3.8) is 0 Å². The van der Waals surface area contributed by atoms with Crippen molar-refractivity contribution < 1.29 is 14.9 Å². The Hall–Kier alpha value is -1.22. The number of fused-ring (bicyclic) bond motifs is 1. The van der Waals surface area contributed by atoms with Gasteiger partial charge in [0.05, 0.1) is 6.61 Å². The summed E-state index contributed by atoms with van der Waals surface area (Å²) >= 11 is 0. The van der Waals surface area contributed by atoms with E-state index in [9.17, 15) is 5.11 Å². The van der Waals surface area contributed by atoms with Crippen LogP contribution >= 0.6 is 0 Å². The zero-order valence-electron chi connectivity index (χ0n) is 9.08. The van der Waals surface area contributed by atoms with Crippen LogP contribution in [0.3, 0.4) is 0 Å². The van der Waals surface area contributed by atoms with Crippen molar-refractivity contribution in [1.29, 1.82) is 0 Å². The third kappa shape index (κ3) is 1.79. The first-order valence-electron chi connectivity index (χ1n) is 5.17. The maximum atomic E-state index is 9.86. The highest BCUT2D eigenvalue weighted by Crippen LogP contribution is 2.39. The van der Waals surface area contributed by atoms with Crippen molar-refractivity contribution in [2.75, 3.05) is 0 Å². The van der Waals surface area contributed by atoms with Crippen molar-refractivity contribution in [3.8, 4) is 11.5 Å². The second-order valence-corrected chi connectivity index (χ2v) is 4.57. The van der Waals surface area contributed by atoms with Crippen LogP contribution in [-0.2, 0) is 13.0 Å². The van der Waals surface area contributed by atoms with Gasteiger partial charge in [-0.25, -0.2) is 0 Å². The van der Waals surface area contributed by atoms with E-state index in [0.717, 1.165) is 24.2 Å². The highest BCUT2D eigenvalue weighted by atomic mass is 16.5. The van der Waals surface area contributed by atoms with Crippen LogP contribution in [-0.4, -0.2) is 15.8 Å². The number of hydrogen-bond acceptors (Lipinski definition) is 3. The second kappa shape index (κ2) is 3.42. The van der Waals surface area contributed by atoms with E-state index in [1.807, 2.05) is 19.9 Å². The number of ether oxygens (including phenoxy) is 1. The Labute approximate surface area is 89.3 Å². The molecule has 82 valence electrons. The van der Waals surface area contributed by atoms with Gasteiger partial charge >= 0.3 is 0 Å². The molecule has 0 radical (unpaired) electrons. The Morgan fingerprint density at radius 3 is 2.80 bits per heavy atom. The van der Waals surface area contributed by atoms with Gasteiger partial charge in [-0.2, -0.15) is 0 Å². The lowest BCUT2D eigenvalue weighted by atomic mass is 9.92. The fourth-order valence-corrected chi connectivity index (χ4v) is 1.91. The van der Waals surface area contributed by atoms with Gasteiger partial charge in [0, 0.05) is 11.1 Å². The first kappa shape index (κ1) is 10.3. The molecule has 1 heterocycles. The van der Waals surface area contributed by atoms with E-state index in [1.54, 1.807) is 6.07 Å². The molecule has 0 amide bonds.